The summed E-state index contributed by atoms with van der Waals surface area (Å²) in [5.41, 5.74) is 7.22. The van der Waals surface area contributed by atoms with Gasteiger partial charge in [-0.25, -0.2) is 0 Å². The Bertz CT molecular complexity index is 659. The Morgan fingerprint density at radius 2 is 1.82 bits per heavy atom. The molecular weight excluding hydrogens is 268 g/mol. The number of rotatable bonds is 3. The van der Waals surface area contributed by atoms with Crippen molar-refractivity contribution in [3.63, 3.8) is 0 Å². The molecule has 0 spiro atoms. The number of aliphatic hydroxyl groups is 1. The predicted molar refractivity (Wildman–Crippen MR) is 92.4 cm³/mol. The molecule has 0 unspecified atom stereocenters. The van der Waals surface area contributed by atoms with Gasteiger partial charge in [0.2, 0.25) is 0 Å². The van der Waals surface area contributed by atoms with Gasteiger partial charge < -0.3 is 5.11 Å². The van der Waals surface area contributed by atoms with Gasteiger partial charge in [0.15, 0.2) is 0 Å². The summed E-state index contributed by atoms with van der Waals surface area (Å²) < 4.78 is 0. The monoisotopic (exact) mass is 294 g/mol. The first-order valence-electron chi connectivity index (χ1n) is 8.38. The van der Waals surface area contributed by atoms with Gasteiger partial charge in [-0.3, -0.25) is 0 Å². The Hall–Kier alpha value is -1.60. The van der Waals surface area contributed by atoms with E-state index in [2.05, 4.69) is 63.2 Å². The Morgan fingerprint density at radius 1 is 1.09 bits per heavy atom. The zero-order chi connectivity index (χ0) is 15.7. The largest absolute Gasteiger partial charge is 0.396 e. The SMILES string of the molecule is Cc1ccc2c(c1)[C@H](C)[C@H](C[C@@H](C)CO)c1ccccc1C2. The quantitative estimate of drug-likeness (QED) is 0.861. The maximum Gasteiger partial charge on any atom is 0.0456 e. The fourth-order valence-electron chi connectivity index (χ4n) is 3.89. The van der Waals surface area contributed by atoms with Crippen LogP contribution >= 0.6 is 0 Å². The molecule has 1 heteroatoms. The molecule has 0 aromatic heterocycles. The van der Waals surface area contributed by atoms with Crippen LogP contribution < -0.4 is 0 Å². The van der Waals surface area contributed by atoms with Gasteiger partial charge in [0.25, 0.3) is 0 Å². The number of aliphatic hydroxyl groups excluding tert-OH is 1. The highest BCUT2D eigenvalue weighted by atomic mass is 16.3. The fourth-order valence-corrected chi connectivity index (χ4v) is 3.89. The summed E-state index contributed by atoms with van der Waals surface area (Å²) in [4.78, 5) is 0. The highest BCUT2D eigenvalue weighted by molar-refractivity contribution is 5.46. The molecule has 1 N–H and O–H groups in total. The first kappa shape index (κ1) is 15.3. The van der Waals surface area contributed by atoms with Crippen LogP contribution in [0.1, 0.15) is 59.9 Å². The van der Waals surface area contributed by atoms with Crippen molar-refractivity contribution >= 4 is 0 Å². The van der Waals surface area contributed by atoms with Gasteiger partial charge in [-0.15, -0.1) is 0 Å². The smallest absolute Gasteiger partial charge is 0.0456 e. The lowest BCUT2D eigenvalue weighted by atomic mass is 9.77. The Morgan fingerprint density at radius 3 is 2.59 bits per heavy atom. The van der Waals surface area contributed by atoms with E-state index in [1.54, 1.807) is 0 Å². The summed E-state index contributed by atoms with van der Waals surface area (Å²) in [6, 6.07) is 15.8. The van der Waals surface area contributed by atoms with E-state index in [4.69, 9.17) is 0 Å². The van der Waals surface area contributed by atoms with Crippen LogP contribution in [0.3, 0.4) is 0 Å². The molecule has 1 aliphatic rings. The van der Waals surface area contributed by atoms with E-state index in [9.17, 15) is 5.11 Å². The summed E-state index contributed by atoms with van der Waals surface area (Å²) in [5, 5.41) is 9.51. The molecule has 3 rings (SSSR count). The van der Waals surface area contributed by atoms with E-state index in [0.717, 1.165) is 12.8 Å². The third-order valence-electron chi connectivity index (χ3n) is 5.20. The van der Waals surface area contributed by atoms with Crippen LogP contribution in [-0.4, -0.2) is 11.7 Å². The van der Waals surface area contributed by atoms with E-state index in [1.807, 2.05) is 0 Å². The molecule has 0 saturated heterocycles. The van der Waals surface area contributed by atoms with Gasteiger partial charge in [-0.05, 0) is 59.8 Å². The standard InChI is InChI=1S/C21H26O/c1-14-8-9-18-12-17-6-4-5-7-19(17)21(11-15(2)13-22)16(3)20(18)10-14/h4-10,15-16,21-22H,11-13H2,1-3H3/t15-,16+,21+/m1/s1. The van der Waals surface area contributed by atoms with Crippen molar-refractivity contribution in [2.24, 2.45) is 5.92 Å². The van der Waals surface area contributed by atoms with Crippen molar-refractivity contribution in [1.29, 1.82) is 0 Å². The van der Waals surface area contributed by atoms with E-state index in [-0.39, 0.29) is 6.61 Å². The van der Waals surface area contributed by atoms with Crippen molar-refractivity contribution in [3.8, 4) is 0 Å². The molecule has 0 radical (unpaired) electrons. The van der Waals surface area contributed by atoms with Gasteiger partial charge in [-0.2, -0.15) is 0 Å². The minimum Gasteiger partial charge on any atom is -0.396 e. The summed E-state index contributed by atoms with van der Waals surface area (Å²) in [6.45, 7) is 6.95. The minimum atomic E-state index is 0.270. The molecule has 0 fully saturated rings. The average molecular weight is 294 g/mol. The second kappa shape index (κ2) is 6.26. The minimum absolute atomic E-state index is 0.270. The third-order valence-corrected chi connectivity index (χ3v) is 5.20. The molecule has 1 nitrogen and oxygen atoms in total. The van der Waals surface area contributed by atoms with Crippen LogP contribution in [-0.2, 0) is 6.42 Å². The molecule has 0 bridgehead atoms. The van der Waals surface area contributed by atoms with E-state index < -0.39 is 0 Å². The van der Waals surface area contributed by atoms with Gasteiger partial charge in [-0.1, -0.05) is 61.9 Å². The number of aryl methyl sites for hydroxylation is 1. The topological polar surface area (TPSA) is 20.2 Å². The van der Waals surface area contributed by atoms with Crippen molar-refractivity contribution < 1.29 is 5.11 Å². The fraction of sp³-hybridized carbons (Fsp3) is 0.429. The zero-order valence-corrected chi connectivity index (χ0v) is 13.8. The van der Waals surface area contributed by atoms with Crippen LogP contribution in [0.2, 0.25) is 0 Å². The molecule has 0 heterocycles. The van der Waals surface area contributed by atoms with Gasteiger partial charge in [0.05, 0.1) is 0 Å². The van der Waals surface area contributed by atoms with Gasteiger partial charge in [0.1, 0.15) is 0 Å². The number of fused-ring (bicyclic) bond motifs is 2. The van der Waals surface area contributed by atoms with Crippen molar-refractivity contribution in [1.82, 2.24) is 0 Å². The molecule has 116 valence electrons. The highest BCUT2D eigenvalue weighted by Gasteiger charge is 2.29. The van der Waals surface area contributed by atoms with Crippen molar-refractivity contribution in [2.75, 3.05) is 6.61 Å². The summed E-state index contributed by atoms with van der Waals surface area (Å²) >= 11 is 0. The van der Waals surface area contributed by atoms with Crippen LogP contribution in [0.4, 0.5) is 0 Å². The second-order valence-electron chi connectivity index (χ2n) is 7.00. The summed E-state index contributed by atoms with van der Waals surface area (Å²) in [6.07, 6.45) is 2.07. The van der Waals surface area contributed by atoms with Crippen LogP contribution in [0.15, 0.2) is 42.5 Å². The molecular formula is C21H26O. The summed E-state index contributed by atoms with van der Waals surface area (Å²) in [7, 11) is 0. The molecule has 0 amide bonds. The second-order valence-corrected chi connectivity index (χ2v) is 7.00. The van der Waals surface area contributed by atoms with Crippen LogP contribution in [0.25, 0.3) is 0 Å². The molecule has 0 saturated carbocycles. The number of hydrogen-bond donors (Lipinski definition) is 1. The highest BCUT2D eigenvalue weighted by Crippen LogP contribution is 2.43. The number of hydrogen-bond acceptors (Lipinski definition) is 1. The van der Waals surface area contributed by atoms with Crippen molar-refractivity contribution in [3.05, 3.63) is 70.3 Å². The predicted octanol–water partition coefficient (Wildman–Crippen LogP) is 4.81. The Balaban J connectivity index is 2.11. The first-order valence-corrected chi connectivity index (χ1v) is 8.38. The lowest BCUT2D eigenvalue weighted by Gasteiger charge is -2.27. The normalized spacial score (nSPS) is 21.6. The lowest BCUT2D eigenvalue weighted by Crippen LogP contribution is -2.14. The maximum atomic E-state index is 9.51. The van der Waals surface area contributed by atoms with Crippen LogP contribution in [0, 0.1) is 12.8 Å². The molecule has 22 heavy (non-hydrogen) atoms. The summed E-state index contributed by atoms with van der Waals surface area (Å²) in [5.74, 6) is 1.32. The van der Waals surface area contributed by atoms with Gasteiger partial charge >= 0.3 is 0 Å². The maximum absolute atomic E-state index is 9.51. The van der Waals surface area contributed by atoms with Crippen molar-refractivity contribution in [2.45, 2.75) is 45.4 Å². The Kier molecular flexibility index (Phi) is 4.35. The van der Waals surface area contributed by atoms with E-state index in [0.29, 0.717) is 17.8 Å². The molecule has 2 aromatic carbocycles. The zero-order valence-electron chi connectivity index (χ0n) is 13.8. The molecule has 0 aliphatic heterocycles. The lowest BCUT2D eigenvalue weighted by molar-refractivity contribution is 0.219. The van der Waals surface area contributed by atoms with Crippen LogP contribution in [0.5, 0.6) is 0 Å². The number of benzene rings is 2. The molecule has 1 aliphatic carbocycles. The van der Waals surface area contributed by atoms with E-state index in [1.165, 1.54) is 27.8 Å². The molecule has 3 atom stereocenters. The Labute approximate surface area is 134 Å². The van der Waals surface area contributed by atoms with E-state index >= 15 is 0 Å². The first-order chi connectivity index (χ1) is 10.6. The molecule has 2 aromatic rings. The average Bonchev–Trinajstić information content (AvgIpc) is 2.64. The van der Waals surface area contributed by atoms with Gasteiger partial charge in [0, 0.05) is 6.61 Å². The third kappa shape index (κ3) is 2.83.